The van der Waals surface area contributed by atoms with E-state index in [4.69, 9.17) is 13.9 Å². The second-order valence-electron chi connectivity index (χ2n) is 10.2. The number of nitrogens with zero attached hydrogens (tertiary/aromatic N) is 5. The van der Waals surface area contributed by atoms with Gasteiger partial charge < -0.3 is 18.9 Å². The minimum atomic E-state index is -0.496. The van der Waals surface area contributed by atoms with Crippen molar-refractivity contribution in [2.24, 2.45) is 0 Å². The maximum absolute atomic E-state index is 13.7. The summed E-state index contributed by atoms with van der Waals surface area (Å²) in [5.74, 6) is 2.24. The number of aromatic amines is 1. The summed E-state index contributed by atoms with van der Waals surface area (Å²) in [5, 5.41) is 14.0. The van der Waals surface area contributed by atoms with E-state index in [1.54, 1.807) is 6.26 Å². The lowest BCUT2D eigenvalue weighted by Crippen LogP contribution is -2.39. The van der Waals surface area contributed by atoms with Gasteiger partial charge in [0.25, 0.3) is 5.56 Å². The van der Waals surface area contributed by atoms with Crippen molar-refractivity contribution in [2.45, 2.75) is 70.2 Å². The van der Waals surface area contributed by atoms with E-state index in [9.17, 15) is 4.79 Å². The number of nitrogens with one attached hydrogen (secondary N) is 1. The van der Waals surface area contributed by atoms with Crippen molar-refractivity contribution in [3.63, 3.8) is 0 Å². The Balaban J connectivity index is 1.49. The number of H-pyrrole nitrogens is 1. The first-order valence-corrected chi connectivity index (χ1v) is 13.6. The number of fused-ring (bicyclic) bond motifs is 1. The summed E-state index contributed by atoms with van der Waals surface area (Å²) in [4.78, 5) is 19.0. The fourth-order valence-electron chi connectivity index (χ4n) is 5.86. The van der Waals surface area contributed by atoms with Crippen molar-refractivity contribution in [3.05, 3.63) is 70.2 Å². The molecule has 6 rings (SSSR count). The molecule has 0 spiro atoms. The van der Waals surface area contributed by atoms with Crippen LogP contribution in [-0.4, -0.2) is 56.0 Å². The topological polar surface area (TPSA) is 111 Å². The molecule has 200 valence electrons. The smallest absolute Gasteiger partial charge is 0.253 e. The number of hydrogen-bond donors (Lipinski definition) is 1. The highest BCUT2D eigenvalue weighted by Gasteiger charge is 2.35. The van der Waals surface area contributed by atoms with Crippen LogP contribution >= 0.6 is 0 Å². The number of benzene rings is 1. The number of furan rings is 1. The molecule has 1 N–H and O–H groups in total. The van der Waals surface area contributed by atoms with Gasteiger partial charge in [-0.2, -0.15) is 0 Å². The normalized spacial score (nSPS) is 19.1. The summed E-state index contributed by atoms with van der Waals surface area (Å²) in [6, 6.07) is 11.2. The SMILES string of the molecule is CCOc1ccc2[nH]c(=O)c([C@H](c3nnnn3C3CCCC3)N(Cc3ccco3)C[C@@H]3CCCO3)cc2c1. The molecule has 10 nitrogen and oxygen atoms in total. The van der Waals surface area contributed by atoms with Crippen molar-refractivity contribution in [3.8, 4) is 5.75 Å². The fourth-order valence-corrected chi connectivity index (χ4v) is 5.86. The molecule has 1 aliphatic heterocycles. The van der Waals surface area contributed by atoms with Gasteiger partial charge in [-0.25, -0.2) is 4.68 Å². The highest BCUT2D eigenvalue weighted by atomic mass is 16.5. The predicted octanol–water partition coefficient (Wildman–Crippen LogP) is 4.39. The first-order valence-electron chi connectivity index (χ1n) is 13.6. The van der Waals surface area contributed by atoms with Gasteiger partial charge in [0.15, 0.2) is 5.82 Å². The molecule has 0 amide bonds. The van der Waals surface area contributed by atoms with E-state index in [-0.39, 0.29) is 17.7 Å². The summed E-state index contributed by atoms with van der Waals surface area (Å²) in [5.41, 5.74) is 1.18. The van der Waals surface area contributed by atoms with Crippen LogP contribution in [0.4, 0.5) is 0 Å². The largest absolute Gasteiger partial charge is 0.494 e. The predicted molar refractivity (Wildman–Crippen MR) is 141 cm³/mol. The van der Waals surface area contributed by atoms with E-state index in [1.807, 2.05) is 48.0 Å². The van der Waals surface area contributed by atoms with Crippen molar-refractivity contribution < 1.29 is 13.9 Å². The Bertz CT molecular complexity index is 1400. The van der Waals surface area contributed by atoms with E-state index in [1.165, 1.54) is 0 Å². The van der Waals surface area contributed by atoms with Gasteiger partial charge in [0, 0.05) is 29.6 Å². The van der Waals surface area contributed by atoms with Gasteiger partial charge in [0.05, 0.1) is 31.6 Å². The van der Waals surface area contributed by atoms with Crippen LogP contribution in [0.3, 0.4) is 0 Å². The van der Waals surface area contributed by atoms with E-state index in [2.05, 4.69) is 25.4 Å². The molecule has 0 radical (unpaired) electrons. The molecular formula is C28H34N6O4. The number of aromatic nitrogens is 5. The first kappa shape index (κ1) is 24.8. The van der Waals surface area contributed by atoms with Crippen LogP contribution in [0.25, 0.3) is 10.9 Å². The Kier molecular flexibility index (Phi) is 7.24. The van der Waals surface area contributed by atoms with Crippen LogP contribution in [0.2, 0.25) is 0 Å². The monoisotopic (exact) mass is 518 g/mol. The van der Waals surface area contributed by atoms with Crippen LogP contribution in [0.15, 0.2) is 51.9 Å². The first-order chi connectivity index (χ1) is 18.7. The number of tetrazole rings is 1. The van der Waals surface area contributed by atoms with Gasteiger partial charge >= 0.3 is 0 Å². The molecule has 4 aromatic rings. The molecule has 2 aliphatic rings. The zero-order chi connectivity index (χ0) is 25.9. The number of hydrogen-bond acceptors (Lipinski definition) is 8. The second kappa shape index (κ2) is 11.1. The molecular weight excluding hydrogens is 484 g/mol. The molecule has 1 aromatic carbocycles. The van der Waals surface area contributed by atoms with Crippen LogP contribution in [0.1, 0.15) is 74.7 Å². The lowest BCUT2D eigenvalue weighted by Gasteiger charge is -2.32. The molecule has 1 saturated carbocycles. The summed E-state index contributed by atoms with van der Waals surface area (Å²) in [7, 11) is 0. The van der Waals surface area contributed by atoms with Gasteiger partial charge in [0.2, 0.25) is 0 Å². The molecule has 4 heterocycles. The average molecular weight is 519 g/mol. The van der Waals surface area contributed by atoms with Gasteiger partial charge in [-0.3, -0.25) is 9.69 Å². The Morgan fingerprint density at radius 2 is 2.08 bits per heavy atom. The van der Waals surface area contributed by atoms with Crippen molar-refractivity contribution in [1.29, 1.82) is 0 Å². The molecule has 10 heteroatoms. The minimum Gasteiger partial charge on any atom is -0.494 e. The third-order valence-corrected chi connectivity index (χ3v) is 7.65. The van der Waals surface area contributed by atoms with E-state index in [0.717, 1.165) is 67.5 Å². The van der Waals surface area contributed by atoms with Gasteiger partial charge in [0.1, 0.15) is 17.6 Å². The lowest BCUT2D eigenvalue weighted by atomic mass is 10.0. The molecule has 1 aliphatic carbocycles. The summed E-state index contributed by atoms with van der Waals surface area (Å²) in [6.07, 6.45) is 8.10. The maximum Gasteiger partial charge on any atom is 0.253 e. The molecule has 0 unspecified atom stereocenters. The van der Waals surface area contributed by atoms with Crippen molar-refractivity contribution in [2.75, 3.05) is 19.8 Å². The zero-order valence-corrected chi connectivity index (χ0v) is 21.7. The van der Waals surface area contributed by atoms with E-state index >= 15 is 0 Å². The van der Waals surface area contributed by atoms with Gasteiger partial charge in [-0.05, 0) is 79.4 Å². The van der Waals surface area contributed by atoms with Gasteiger partial charge in [-0.1, -0.05) is 12.8 Å². The maximum atomic E-state index is 13.7. The molecule has 2 fully saturated rings. The van der Waals surface area contributed by atoms with Crippen LogP contribution < -0.4 is 10.3 Å². The Morgan fingerprint density at radius 3 is 2.84 bits per heavy atom. The Morgan fingerprint density at radius 1 is 1.18 bits per heavy atom. The molecule has 3 aromatic heterocycles. The highest BCUT2D eigenvalue weighted by Crippen LogP contribution is 2.35. The van der Waals surface area contributed by atoms with Crippen molar-refractivity contribution in [1.82, 2.24) is 30.1 Å². The number of ether oxygens (including phenoxy) is 2. The zero-order valence-electron chi connectivity index (χ0n) is 21.7. The fraction of sp³-hybridized carbons (Fsp3) is 0.500. The third-order valence-electron chi connectivity index (χ3n) is 7.65. The number of pyridine rings is 1. The van der Waals surface area contributed by atoms with Crippen molar-refractivity contribution >= 4 is 10.9 Å². The van der Waals surface area contributed by atoms with Crippen LogP contribution in [-0.2, 0) is 11.3 Å². The standard InChI is InChI=1S/C28H34N6O4/c1-2-36-21-11-12-25-19(15-21)16-24(28(35)29-25)26(27-30-31-32-34(27)20-7-3-4-8-20)33(17-22-9-5-13-37-22)18-23-10-6-14-38-23/h5,9,11-13,15-16,20,23,26H,2-4,6-8,10,14,17-18H2,1H3,(H,29,35)/t23-,26+/m0/s1. The number of rotatable bonds is 10. The van der Waals surface area contributed by atoms with Gasteiger partial charge in [-0.15, -0.1) is 5.10 Å². The van der Waals surface area contributed by atoms with Crippen LogP contribution in [0, 0.1) is 0 Å². The third kappa shape index (κ3) is 5.10. The average Bonchev–Trinajstić information content (AvgIpc) is 3.73. The summed E-state index contributed by atoms with van der Waals surface area (Å²) < 4.78 is 19.5. The molecule has 0 bridgehead atoms. The Labute approximate surface area is 220 Å². The summed E-state index contributed by atoms with van der Waals surface area (Å²) >= 11 is 0. The summed E-state index contributed by atoms with van der Waals surface area (Å²) in [6.45, 7) is 4.39. The lowest BCUT2D eigenvalue weighted by molar-refractivity contribution is 0.0541. The van der Waals surface area contributed by atoms with Crippen LogP contribution in [0.5, 0.6) is 5.75 Å². The van der Waals surface area contributed by atoms with E-state index < -0.39 is 6.04 Å². The molecule has 1 saturated heterocycles. The van der Waals surface area contributed by atoms with E-state index in [0.29, 0.717) is 31.1 Å². The molecule has 2 atom stereocenters. The minimum absolute atomic E-state index is 0.0624. The quantitative estimate of drug-likeness (QED) is 0.329. The highest BCUT2D eigenvalue weighted by molar-refractivity contribution is 5.80. The Hall–Kier alpha value is -3.50. The second-order valence-corrected chi connectivity index (χ2v) is 10.2. The molecule has 38 heavy (non-hydrogen) atoms.